The average molecular weight is 352 g/mol. The summed E-state index contributed by atoms with van der Waals surface area (Å²) in [7, 11) is 1.58. The van der Waals surface area contributed by atoms with Gasteiger partial charge in [-0.15, -0.1) is 0 Å². The molecule has 2 saturated heterocycles. The third-order valence-corrected chi connectivity index (χ3v) is 4.35. The number of halogens is 1. The van der Waals surface area contributed by atoms with E-state index in [-0.39, 0.29) is 36.9 Å². The molecule has 2 aliphatic heterocycles. The van der Waals surface area contributed by atoms with Crippen LogP contribution in [0.25, 0.3) is 0 Å². The minimum Gasteiger partial charge on any atom is -0.447 e. The summed E-state index contributed by atoms with van der Waals surface area (Å²) in [5, 5.41) is 2.54. The third kappa shape index (κ3) is 3.89. The fourth-order valence-corrected chi connectivity index (χ4v) is 3.05. The van der Waals surface area contributed by atoms with Crippen LogP contribution in [0.1, 0.15) is 0 Å². The zero-order chi connectivity index (χ0) is 18.0. The number of carbonyl (C=O) groups excluding carboxylic acids is 2. The van der Waals surface area contributed by atoms with E-state index in [0.29, 0.717) is 25.3 Å². The Kier molecular flexibility index (Phi) is 5.16. The number of amides is 2. The van der Waals surface area contributed by atoms with Crippen LogP contribution in [0.15, 0.2) is 18.2 Å². The molecule has 0 spiro atoms. The monoisotopic (exact) mass is 352 g/mol. The fourth-order valence-electron chi connectivity index (χ4n) is 3.05. The lowest BCUT2D eigenvalue weighted by Gasteiger charge is -2.16. The number of likely N-dealkylation sites (tertiary alicyclic amines) is 1. The number of hydrogen-bond donors (Lipinski definition) is 2. The summed E-state index contributed by atoms with van der Waals surface area (Å²) in [6.45, 7) is 1.86. The molecule has 0 saturated carbocycles. The van der Waals surface area contributed by atoms with Gasteiger partial charge in [0, 0.05) is 26.2 Å². The molecule has 2 aliphatic rings. The van der Waals surface area contributed by atoms with Crippen LogP contribution in [-0.4, -0.2) is 68.9 Å². The predicted molar refractivity (Wildman–Crippen MR) is 88.9 cm³/mol. The second-order valence-corrected chi connectivity index (χ2v) is 6.11. The van der Waals surface area contributed by atoms with Crippen LogP contribution in [0.4, 0.5) is 20.6 Å². The average Bonchev–Trinajstić information content (AvgIpc) is 3.14. The predicted octanol–water partition coefficient (Wildman–Crippen LogP) is 0.379. The van der Waals surface area contributed by atoms with E-state index < -0.39 is 11.9 Å². The van der Waals surface area contributed by atoms with Crippen LogP contribution in [0.3, 0.4) is 0 Å². The molecule has 25 heavy (non-hydrogen) atoms. The summed E-state index contributed by atoms with van der Waals surface area (Å²) in [5.74, 6) is -0.949. The smallest absolute Gasteiger partial charge is 0.414 e. The van der Waals surface area contributed by atoms with Gasteiger partial charge in [0.05, 0.1) is 30.6 Å². The van der Waals surface area contributed by atoms with Gasteiger partial charge in [0.25, 0.3) is 0 Å². The van der Waals surface area contributed by atoms with Crippen LogP contribution in [0.5, 0.6) is 0 Å². The van der Waals surface area contributed by atoms with Crippen molar-refractivity contribution in [2.24, 2.45) is 5.73 Å². The molecule has 2 fully saturated rings. The molecular weight excluding hydrogens is 331 g/mol. The molecule has 136 valence electrons. The Balaban J connectivity index is 1.59. The van der Waals surface area contributed by atoms with E-state index >= 15 is 0 Å². The van der Waals surface area contributed by atoms with E-state index in [1.807, 2.05) is 4.90 Å². The standard InChI is InChI=1S/C16H21FN4O4/c1-24-14-8-20(7-12(14)18)9-15(22)19-13-3-2-10(6-11(13)17)21-4-5-25-16(21)23/h2-3,6,12,14H,4-5,7-9,18H2,1H3,(H,19,22)/t12-,14-/m0/s1. The summed E-state index contributed by atoms with van der Waals surface area (Å²) < 4.78 is 24.3. The first-order chi connectivity index (χ1) is 12.0. The summed E-state index contributed by atoms with van der Waals surface area (Å²) in [6.07, 6.45) is -0.613. The highest BCUT2D eigenvalue weighted by Crippen LogP contribution is 2.24. The number of nitrogens with two attached hydrogens (primary N) is 1. The highest BCUT2D eigenvalue weighted by atomic mass is 19.1. The molecule has 0 bridgehead atoms. The number of benzene rings is 1. The molecule has 2 heterocycles. The Bertz CT molecular complexity index is 672. The molecule has 3 rings (SSSR count). The molecule has 9 heteroatoms. The van der Waals surface area contributed by atoms with Gasteiger partial charge in [-0.25, -0.2) is 9.18 Å². The Morgan fingerprint density at radius 1 is 1.48 bits per heavy atom. The van der Waals surface area contributed by atoms with Gasteiger partial charge in [0.15, 0.2) is 0 Å². The molecule has 2 amide bonds. The van der Waals surface area contributed by atoms with Crippen molar-refractivity contribution < 1.29 is 23.5 Å². The quantitative estimate of drug-likeness (QED) is 0.795. The van der Waals surface area contributed by atoms with E-state index in [9.17, 15) is 14.0 Å². The maximum Gasteiger partial charge on any atom is 0.414 e. The topological polar surface area (TPSA) is 97.1 Å². The maximum atomic E-state index is 14.2. The lowest BCUT2D eigenvalue weighted by Crippen LogP contribution is -2.35. The van der Waals surface area contributed by atoms with Crippen molar-refractivity contribution in [1.29, 1.82) is 0 Å². The first-order valence-corrected chi connectivity index (χ1v) is 8.02. The molecule has 3 N–H and O–H groups in total. The number of carbonyl (C=O) groups is 2. The third-order valence-electron chi connectivity index (χ3n) is 4.35. The number of cyclic esters (lactones) is 1. The minimum absolute atomic E-state index is 0.0631. The van der Waals surface area contributed by atoms with Crippen LogP contribution < -0.4 is 16.0 Å². The second-order valence-electron chi connectivity index (χ2n) is 6.11. The van der Waals surface area contributed by atoms with Crippen molar-refractivity contribution in [1.82, 2.24) is 4.90 Å². The van der Waals surface area contributed by atoms with Gasteiger partial charge in [0.1, 0.15) is 12.4 Å². The summed E-state index contributed by atoms with van der Waals surface area (Å²) >= 11 is 0. The van der Waals surface area contributed by atoms with E-state index in [4.69, 9.17) is 15.2 Å². The maximum absolute atomic E-state index is 14.2. The lowest BCUT2D eigenvalue weighted by molar-refractivity contribution is -0.117. The number of nitrogens with zero attached hydrogens (tertiary/aromatic N) is 2. The zero-order valence-electron chi connectivity index (χ0n) is 13.9. The van der Waals surface area contributed by atoms with Gasteiger partial charge in [-0.1, -0.05) is 0 Å². The molecule has 1 aromatic rings. The fraction of sp³-hybridized carbons (Fsp3) is 0.500. The van der Waals surface area contributed by atoms with Gasteiger partial charge in [0.2, 0.25) is 5.91 Å². The molecule has 0 aromatic heterocycles. The number of rotatable bonds is 5. The van der Waals surface area contributed by atoms with E-state index in [2.05, 4.69) is 5.32 Å². The molecule has 1 aromatic carbocycles. The highest BCUT2D eigenvalue weighted by molar-refractivity contribution is 5.93. The molecule has 0 unspecified atom stereocenters. The Labute approximate surface area is 144 Å². The Morgan fingerprint density at radius 2 is 2.28 bits per heavy atom. The van der Waals surface area contributed by atoms with Crippen LogP contribution in [0, 0.1) is 5.82 Å². The first kappa shape index (κ1) is 17.6. The molecule has 8 nitrogen and oxygen atoms in total. The summed E-state index contributed by atoms with van der Waals surface area (Å²) in [5.41, 5.74) is 6.38. The van der Waals surface area contributed by atoms with E-state index in [1.165, 1.54) is 17.0 Å². The van der Waals surface area contributed by atoms with Crippen molar-refractivity contribution >= 4 is 23.4 Å². The van der Waals surface area contributed by atoms with E-state index in [0.717, 1.165) is 0 Å². The van der Waals surface area contributed by atoms with Crippen molar-refractivity contribution in [2.75, 3.05) is 50.1 Å². The van der Waals surface area contributed by atoms with Crippen molar-refractivity contribution in [2.45, 2.75) is 12.1 Å². The SMILES string of the molecule is CO[C@H]1CN(CC(=O)Nc2ccc(N3CCOC3=O)cc2F)C[C@@H]1N. The van der Waals surface area contributed by atoms with Crippen LogP contribution in [-0.2, 0) is 14.3 Å². The Morgan fingerprint density at radius 3 is 2.88 bits per heavy atom. The lowest BCUT2D eigenvalue weighted by atomic mass is 10.2. The van der Waals surface area contributed by atoms with Crippen molar-refractivity contribution in [3.63, 3.8) is 0 Å². The molecule has 2 atom stereocenters. The molecular formula is C16H21FN4O4. The number of anilines is 2. The Hall–Kier alpha value is -2.23. The van der Waals surface area contributed by atoms with Gasteiger partial charge in [-0.3, -0.25) is 14.6 Å². The van der Waals surface area contributed by atoms with Crippen molar-refractivity contribution in [3.05, 3.63) is 24.0 Å². The first-order valence-electron chi connectivity index (χ1n) is 8.02. The summed E-state index contributed by atoms with van der Waals surface area (Å²) in [4.78, 5) is 26.8. The largest absolute Gasteiger partial charge is 0.447 e. The second kappa shape index (κ2) is 7.34. The van der Waals surface area contributed by atoms with Gasteiger partial charge in [-0.2, -0.15) is 0 Å². The van der Waals surface area contributed by atoms with Crippen LogP contribution in [0.2, 0.25) is 0 Å². The van der Waals surface area contributed by atoms with Gasteiger partial charge >= 0.3 is 6.09 Å². The molecule has 0 aliphatic carbocycles. The minimum atomic E-state index is -0.613. The van der Waals surface area contributed by atoms with Gasteiger partial charge < -0.3 is 20.5 Å². The summed E-state index contributed by atoms with van der Waals surface area (Å²) in [6, 6.07) is 4.06. The van der Waals surface area contributed by atoms with Gasteiger partial charge in [-0.05, 0) is 18.2 Å². The number of nitrogens with one attached hydrogen (secondary N) is 1. The normalized spacial score (nSPS) is 23.8. The number of ether oxygens (including phenoxy) is 2. The number of methoxy groups -OCH3 is 1. The molecule has 0 radical (unpaired) electrons. The van der Waals surface area contributed by atoms with Crippen LogP contribution >= 0.6 is 0 Å². The highest BCUT2D eigenvalue weighted by Gasteiger charge is 2.31. The van der Waals surface area contributed by atoms with Crippen molar-refractivity contribution in [3.8, 4) is 0 Å². The zero-order valence-corrected chi connectivity index (χ0v) is 13.9. The van der Waals surface area contributed by atoms with E-state index in [1.54, 1.807) is 13.2 Å². The number of hydrogen-bond acceptors (Lipinski definition) is 6.